The van der Waals surface area contributed by atoms with Gasteiger partial charge >= 0.3 is 5.97 Å². The van der Waals surface area contributed by atoms with E-state index in [4.69, 9.17) is 9.47 Å². The Hall–Kier alpha value is -4.40. The average molecular weight is 548 g/mol. The highest BCUT2D eigenvalue weighted by atomic mass is 16.6. The van der Waals surface area contributed by atoms with Gasteiger partial charge in [-0.05, 0) is 82.0 Å². The molecule has 1 amide bonds. The predicted octanol–water partition coefficient (Wildman–Crippen LogP) is 6.59. The number of anilines is 2. The molecular weight excluding hydrogens is 510 g/mol. The summed E-state index contributed by atoms with van der Waals surface area (Å²) in [7, 11) is 0. The molecule has 9 heteroatoms. The molecule has 0 unspecified atom stereocenters. The summed E-state index contributed by atoms with van der Waals surface area (Å²) in [6.07, 6.45) is 2.85. The minimum Gasteiger partial charge on any atom is -0.494 e. The lowest BCUT2D eigenvalue weighted by molar-refractivity contribution is -0.383. The van der Waals surface area contributed by atoms with Gasteiger partial charge in [-0.15, -0.1) is 0 Å². The number of amides is 1. The Labute approximate surface area is 235 Å². The van der Waals surface area contributed by atoms with E-state index in [0.717, 1.165) is 18.4 Å². The Kier molecular flexibility index (Phi) is 10.6. The fourth-order valence-electron chi connectivity index (χ4n) is 3.88. The van der Waals surface area contributed by atoms with E-state index in [1.165, 1.54) is 18.2 Å². The summed E-state index contributed by atoms with van der Waals surface area (Å²) < 4.78 is 11.2. The first kappa shape index (κ1) is 30.1. The van der Waals surface area contributed by atoms with Crippen molar-refractivity contribution in [2.75, 3.05) is 11.9 Å². The van der Waals surface area contributed by atoms with Crippen molar-refractivity contribution < 1.29 is 24.0 Å². The number of hydrogen-bond acceptors (Lipinski definition) is 7. The van der Waals surface area contributed by atoms with Crippen molar-refractivity contribution in [1.29, 1.82) is 0 Å². The number of hydrogen-bond donors (Lipinski definition) is 2. The number of rotatable bonds is 13. The zero-order valence-corrected chi connectivity index (χ0v) is 23.4. The minimum absolute atomic E-state index is 0.149. The molecule has 2 N–H and O–H groups in total. The van der Waals surface area contributed by atoms with E-state index >= 15 is 0 Å². The standard InChI is InChI=1S/C31H37N3O6/c1-5-6-20-39-25-16-14-24(15-17-25)32-27-21-23(13-19-28(27)34(37)38)29(35)33-26(30(36)40-31(2,3)4)18-12-22-10-8-7-9-11-22/h7-11,13-17,19,21,26,32H,5-6,12,18,20H2,1-4H3,(H,33,35)/t26-/m0/s1. The monoisotopic (exact) mass is 547 g/mol. The fourth-order valence-corrected chi connectivity index (χ4v) is 3.88. The number of carbonyl (C=O) groups excluding carboxylic acids is 2. The number of nitrogens with zero attached hydrogens (tertiary/aromatic N) is 1. The summed E-state index contributed by atoms with van der Waals surface area (Å²) in [6.45, 7) is 7.99. The highest BCUT2D eigenvalue weighted by Gasteiger charge is 2.27. The molecule has 0 bridgehead atoms. The van der Waals surface area contributed by atoms with Crippen LogP contribution in [0, 0.1) is 10.1 Å². The van der Waals surface area contributed by atoms with Gasteiger partial charge in [0.2, 0.25) is 0 Å². The molecule has 0 radical (unpaired) electrons. The van der Waals surface area contributed by atoms with Gasteiger partial charge in [0, 0.05) is 17.3 Å². The van der Waals surface area contributed by atoms with Crippen molar-refractivity contribution in [2.24, 2.45) is 0 Å². The molecule has 3 aromatic rings. The Morgan fingerprint density at radius 3 is 2.33 bits per heavy atom. The predicted molar refractivity (Wildman–Crippen MR) is 155 cm³/mol. The van der Waals surface area contributed by atoms with Crippen LogP contribution in [0.5, 0.6) is 5.75 Å². The first-order chi connectivity index (χ1) is 19.1. The van der Waals surface area contributed by atoms with Crippen LogP contribution in [-0.4, -0.2) is 35.0 Å². The number of nitro benzene ring substituents is 1. The van der Waals surface area contributed by atoms with Crippen molar-refractivity contribution in [2.45, 2.75) is 65.0 Å². The summed E-state index contributed by atoms with van der Waals surface area (Å²) in [5.41, 5.74) is 1.02. The second kappa shape index (κ2) is 14.1. The van der Waals surface area contributed by atoms with Gasteiger partial charge in [-0.2, -0.15) is 0 Å². The molecule has 9 nitrogen and oxygen atoms in total. The van der Waals surface area contributed by atoms with Gasteiger partial charge in [0.25, 0.3) is 11.6 Å². The first-order valence-corrected chi connectivity index (χ1v) is 13.4. The maximum Gasteiger partial charge on any atom is 0.329 e. The van der Waals surface area contributed by atoms with Gasteiger partial charge in [0.15, 0.2) is 0 Å². The second-order valence-corrected chi connectivity index (χ2v) is 10.4. The third-order valence-corrected chi connectivity index (χ3v) is 5.92. The van der Waals surface area contributed by atoms with Crippen LogP contribution in [-0.2, 0) is 16.0 Å². The molecule has 3 aromatic carbocycles. The number of unbranched alkanes of at least 4 members (excludes halogenated alkanes) is 1. The molecule has 0 spiro atoms. The van der Waals surface area contributed by atoms with Crippen LogP contribution in [0.3, 0.4) is 0 Å². The molecule has 0 saturated heterocycles. The molecular formula is C31H37N3O6. The van der Waals surface area contributed by atoms with Crippen molar-refractivity contribution >= 4 is 28.9 Å². The summed E-state index contributed by atoms with van der Waals surface area (Å²) in [6, 6.07) is 19.8. The number of benzene rings is 3. The van der Waals surface area contributed by atoms with Gasteiger partial charge < -0.3 is 20.1 Å². The van der Waals surface area contributed by atoms with E-state index in [2.05, 4.69) is 17.6 Å². The number of ether oxygens (including phenoxy) is 2. The molecule has 0 aliphatic carbocycles. The van der Waals surface area contributed by atoms with Crippen LogP contribution < -0.4 is 15.4 Å². The van der Waals surface area contributed by atoms with E-state index in [1.54, 1.807) is 45.0 Å². The summed E-state index contributed by atoms with van der Waals surface area (Å²) in [5.74, 6) is -0.384. The smallest absolute Gasteiger partial charge is 0.329 e. The maximum atomic E-state index is 13.3. The Balaban J connectivity index is 1.78. The highest BCUT2D eigenvalue weighted by Crippen LogP contribution is 2.30. The van der Waals surface area contributed by atoms with Crippen molar-refractivity contribution in [3.63, 3.8) is 0 Å². The van der Waals surface area contributed by atoms with Crippen LogP contribution in [0.4, 0.5) is 17.1 Å². The zero-order valence-electron chi connectivity index (χ0n) is 23.4. The molecule has 212 valence electrons. The molecule has 0 aliphatic heterocycles. The Bertz CT molecular complexity index is 1290. The number of nitro groups is 1. The SMILES string of the molecule is CCCCOc1ccc(Nc2cc(C(=O)N[C@@H](CCc3ccccc3)C(=O)OC(C)(C)C)ccc2[N+](=O)[O-])cc1. The number of esters is 1. The number of aryl methyl sites for hydroxylation is 1. The molecule has 0 fully saturated rings. The fraction of sp³-hybridized carbons (Fsp3) is 0.355. The van der Waals surface area contributed by atoms with E-state index < -0.39 is 28.4 Å². The van der Waals surface area contributed by atoms with Crippen LogP contribution in [0.15, 0.2) is 72.8 Å². The van der Waals surface area contributed by atoms with Crippen molar-refractivity contribution in [1.82, 2.24) is 5.32 Å². The maximum absolute atomic E-state index is 13.3. The van der Waals surface area contributed by atoms with E-state index in [-0.39, 0.29) is 16.9 Å². The second-order valence-electron chi connectivity index (χ2n) is 10.4. The molecule has 1 atom stereocenters. The molecule has 3 rings (SSSR count). The topological polar surface area (TPSA) is 120 Å². The lowest BCUT2D eigenvalue weighted by atomic mass is 10.0. The Morgan fingerprint density at radius 1 is 1.00 bits per heavy atom. The highest BCUT2D eigenvalue weighted by molar-refractivity contribution is 5.98. The first-order valence-electron chi connectivity index (χ1n) is 13.4. The van der Waals surface area contributed by atoms with Crippen LogP contribution in [0.1, 0.15) is 62.9 Å². The summed E-state index contributed by atoms with van der Waals surface area (Å²) in [4.78, 5) is 37.4. The van der Waals surface area contributed by atoms with Crippen molar-refractivity contribution in [3.05, 3.63) is 94.0 Å². The van der Waals surface area contributed by atoms with Gasteiger partial charge in [-0.3, -0.25) is 14.9 Å². The lowest BCUT2D eigenvalue weighted by Crippen LogP contribution is -2.44. The van der Waals surface area contributed by atoms with Crippen LogP contribution in [0.25, 0.3) is 0 Å². The van der Waals surface area contributed by atoms with Gasteiger partial charge in [0.05, 0.1) is 11.5 Å². The molecule has 0 saturated carbocycles. The molecule has 0 aromatic heterocycles. The van der Waals surface area contributed by atoms with E-state index in [1.807, 2.05) is 30.3 Å². The third kappa shape index (κ3) is 9.41. The molecule has 0 aliphatic rings. The zero-order chi connectivity index (χ0) is 29.1. The number of nitrogens with one attached hydrogen (secondary N) is 2. The molecule has 40 heavy (non-hydrogen) atoms. The quantitative estimate of drug-likeness (QED) is 0.107. The van der Waals surface area contributed by atoms with Crippen molar-refractivity contribution in [3.8, 4) is 5.75 Å². The van der Waals surface area contributed by atoms with Gasteiger partial charge in [0.1, 0.15) is 23.1 Å². The van der Waals surface area contributed by atoms with Gasteiger partial charge in [-0.25, -0.2) is 4.79 Å². The normalized spacial score (nSPS) is 11.8. The van der Waals surface area contributed by atoms with E-state index in [0.29, 0.717) is 30.9 Å². The Morgan fingerprint density at radius 2 is 1.70 bits per heavy atom. The average Bonchev–Trinajstić information content (AvgIpc) is 2.91. The minimum atomic E-state index is -0.904. The summed E-state index contributed by atoms with van der Waals surface area (Å²) in [5, 5.41) is 17.5. The third-order valence-electron chi connectivity index (χ3n) is 5.92. The molecule has 0 heterocycles. The van der Waals surface area contributed by atoms with Gasteiger partial charge in [-0.1, -0.05) is 43.7 Å². The van der Waals surface area contributed by atoms with Crippen LogP contribution in [0.2, 0.25) is 0 Å². The number of carbonyl (C=O) groups is 2. The summed E-state index contributed by atoms with van der Waals surface area (Å²) >= 11 is 0. The lowest BCUT2D eigenvalue weighted by Gasteiger charge is -2.24. The largest absolute Gasteiger partial charge is 0.494 e. The van der Waals surface area contributed by atoms with E-state index in [9.17, 15) is 19.7 Å². The van der Waals surface area contributed by atoms with Crippen LogP contribution >= 0.6 is 0 Å².